The van der Waals surface area contributed by atoms with Crippen molar-refractivity contribution in [3.63, 3.8) is 0 Å². The van der Waals surface area contributed by atoms with Gasteiger partial charge in [0.2, 0.25) is 5.91 Å². The lowest BCUT2D eigenvalue weighted by Crippen LogP contribution is -2.24. The third-order valence-corrected chi connectivity index (χ3v) is 3.56. The Labute approximate surface area is 118 Å². The second kappa shape index (κ2) is 5.78. The maximum atomic E-state index is 12.0. The van der Waals surface area contributed by atoms with E-state index in [0.717, 1.165) is 16.9 Å². The fourth-order valence-corrected chi connectivity index (χ4v) is 2.49. The Kier molecular flexibility index (Phi) is 3.68. The number of fused-ring (bicyclic) bond motifs is 1. The van der Waals surface area contributed by atoms with Crippen molar-refractivity contribution in [2.24, 2.45) is 0 Å². The van der Waals surface area contributed by atoms with Crippen molar-refractivity contribution in [1.82, 2.24) is 5.32 Å². The van der Waals surface area contributed by atoms with Crippen LogP contribution in [0.25, 0.3) is 0 Å². The minimum Gasteiger partial charge on any atom is -0.493 e. The molecule has 1 amide bonds. The zero-order chi connectivity index (χ0) is 13.8. The van der Waals surface area contributed by atoms with Crippen LogP contribution in [0.15, 0.2) is 54.6 Å². The number of rotatable bonds is 4. The molecule has 0 bridgehead atoms. The van der Waals surface area contributed by atoms with Crippen LogP contribution in [0.4, 0.5) is 0 Å². The molecule has 0 aliphatic carbocycles. The highest BCUT2D eigenvalue weighted by molar-refractivity contribution is 5.77. The zero-order valence-electron chi connectivity index (χ0n) is 11.2. The van der Waals surface area contributed by atoms with Crippen molar-refractivity contribution in [2.45, 2.75) is 18.9 Å². The normalized spacial score (nSPS) is 16.3. The van der Waals surface area contributed by atoms with E-state index in [1.165, 1.54) is 0 Å². The highest BCUT2D eigenvalue weighted by Crippen LogP contribution is 2.35. The molecule has 20 heavy (non-hydrogen) atoms. The fraction of sp³-hybridized carbons (Fsp3) is 0.235. The molecule has 1 aliphatic heterocycles. The molecule has 1 aliphatic rings. The first-order valence-electron chi connectivity index (χ1n) is 6.85. The second-order valence-electron chi connectivity index (χ2n) is 5.01. The molecule has 0 saturated carbocycles. The number of carbonyl (C=O) groups excluding carboxylic acids is 1. The summed E-state index contributed by atoms with van der Waals surface area (Å²) in [5.74, 6) is 1.15. The summed E-state index contributed by atoms with van der Waals surface area (Å²) in [6, 6.07) is 17.9. The van der Waals surface area contributed by atoms with Crippen LogP contribution in [0.1, 0.15) is 23.5 Å². The zero-order valence-corrected chi connectivity index (χ0v) is 11.2. The molecule has 2 aromatic carbocycles. The molecule has 3 rings (SSSR count). The SMILES string of the molecule is O=C(CC1COc2ccccc21)NCc1ccccc1. The van der Waals surface area contributed by atoms with Gasteiger partial charge in [0.1, 0.15) is 5.75 Å². The number of ether oxygens (including phenoxy) is 1. The average molecular weight is 267 g/mol. The molecule has 102 valence electrons. The van der Waals surface area contributed by atoms with Crippen LogP contribution in [-0.2, 0) is 11.3 Å². The molecule has 2 aromatic rings. The van der Waals surface area contributed by atoms with Crippen molar-refractivity contribution in [1.29, 1.82) is 0 Å². The summed E-state index contributed by atoms with van der Waals surface area (Å²) in [7, 11) is 0. The van der Waals surface area contributed by atoms with E-state index in [2.05, 4.69) is 5.32 Å². The van der Waals surface area contributed by atoms with E-state index in [-0.39, 0.29) is 11.8 Å². The Morgan fingerprint density at radius 3 is 2.70 bits per heavy atom. The summed E-state index contributed by atoms with van der Waals surface area (Å²) in [5, 5.41) is 2.96. The van der Waals surface area contributed by atoms with E-state index in [9.17, 15) is 4.79 Å². The largest absolute Gasteiger partial charge is 0.493 e. The van der Waals surface area contributed by atoms with Crippen molar-refractivity contribution < 1.29 is 9.53 Å². The van der Waals surface area contributed by atoms with E-state index in [0.29, 0.717) is 19.6 Å². The lowest BCUT2D eigenvalue weighted by atomic mass is 9.97. The molecule has 0 saturated heterocycles. The van der Waals surface area contributed by atoms with Crippen molar-refractivity contribution in [2.75, 3.05) is 6.61 Å². The van der Waals surface area contributed by atoms with Crippen molar-refractivity contribution in [3.05, 3.63) is 65.7 Å². The van der Waals surface area contributed by atoms with Gasteiger partial charge in [0.15, 0.2) is 0 Å². The van der Waals surface area contributed by atoms with Crippen molar-refractivity contribution in [3.8, 4) is 5.75 Å². The maximum Gasteiger partial charge on any atom is 0.221 e. The Balaban J connectivity index is 1.55. The number of hydrogen-bond acceptors (Lipinski definition) is 2. The topological polar surface area (TPSA) is 38.3 Å². The first-order valence-corrected chi connectivity index (χ1v) is 6.85. The van der Waals surface area contributed by atoms with Gasteiger partial charge in [-0.25, -0.2) is 0 Å². The van der Waals surface area contributed by atoms with Crippen LogP contribution in [0.5, 0.6) is 5.75 Å². The Morgan fingerprint density at radius 1 is 1.10 bits per heavy atom. The number of carbonyl (C=O) groups is 1. The minimum absolute atomic E-state index is 0.0687. The molecule has 0 fully saturated rings. The quantitative estimate of drug-likeness (QED) is 0.925. The third-order valence-electron chi connectivity index (χ3n) is 3.56. The average Bonchev–Trinajstić information content (AvgIpc) is 2.90. The van der Waals surface area contributed by atoms with E-state index in [4.69, 9.17) is 4.74 Å². The lowest BCUT2D eigenvalue weighted by Gasteiger charge is -2.09. The van der Waals surface area contributed by atoms with Gasteiger partial charge >= 0.3 is 0 Å². The Hall–Kier alpha value is -2.29. The van der Waals surface area contributed by atoms with Crippen LogP contribution >= 0.6 is 0 Å². The molecule has 1 atom stereocenters. The van der Waals surface area contributed by atoms with Gasteiger partial charge < -0.3 is 10.1 Å². The molecule has 0 aromatic heterocycles. The Bertz CT molecular complexity index is 595. The summed E-state index contributed by atoms with van der Waals surface area (Å²) in [6.45, 7) is 1.17. The smallest absolute Gasteiger partial charge is 0.221 e. The molecule has 1 heterocycles. The highest BCUT2D eigenvalue weighted by Gasteiger charge is 2.25. The predicted octanol–water partition coefficient (Wildman–Crippen LogP) is 2.87. The second-order valence-corrected chi connectivity index (χ2v) is 5.01. The van der Waals surface area contributed by atoms with Gasteiger partial charge in [-0.2, -0.15) is 0 Å². The van der Waals surface area contributed by atoms with Crippen LogP contribution in [0.3, 0.4) is 0 Å². The van der Waals surface area contributed by atoms with E-state index in [1.807, 2.05) is 54.6 Å². The van der Waals surface area contributed by atoms with Crippen molar-refractivity contribution >= 4 is 5.91 Å². The number of amides is 1. The fourth-order valence-electron chi connectivity index (χ4n) is 2.49. The molecular weight excluding hydrogens is 250 g/mol. The Morgan fingerprint density at radius 2 is 1.85 bits per heavy atom. The van der Waals surface area contributed by atoms with E-state index < -0.39 is 0 Å². The third kappa shape index (κ3) is 2.82. The number of benzene rings is 2. The van der Waals surface area contributed by atoms with Crippen LogP contribution in [0, 0.1) is 0 Å². The molecule has 3 heteroatoms. The number of nitrogens with one attached hydrogen (secondary N) is 1. The lowest BCUT2D eigenvalue weighted by molar-refractivity contribution is -0.121. The van der Waals surface area contributed by atoms with E-state index >= 15 is 0 Å². The van der Waals surface area contributed by atoms with Gasteiger partial charge in [-0.05, 0) is 11.6 Å². The van der Waals surface area contributed by atoms with E-state index in [1.54, 1.807) is 0 Å². The summed E-state index contributed by atoms with van der Waals surface area (Å²) < 4.78 is 5.59. The maximum absolute atomic E-state index is 12.0. The summed E-state index contributed by atoms with van der Waals surface area (Å²) in [4.78, 5) is 12.0. The van der Waals surface area contributed by atoms with Crippen LogP contribution in [0.2, 0.25) is 0 Å². The summed E-state index contributed by atoms with van der Waals surface area (Å²) in [5.41, 5.74) is 2.26. The highest BCUT2D eigenvalue weighted by atomic mass is 16.5. The standard InChI is InChI=1S/C17H17NO2/c19-17(18-11-13-6-2-1-3-7-13)10-14-12-20-16-9-5-4-8-15(14)16/h1-9,14H,10-12H2,(H,18,19). The molecule has 3 nitrogen and oxygen atoms in total. The van der Waals surface area contributed by atoms with Gasteiger partial charge in [-0.15, -0.1) is 0 Å². The monoisotopic (exact) mass is 267 g/mol. The molecule has 0 radical (unpaired) electrons. The molecule has 1 unspecified atom stereocenters. The summed E-state index contributed by atoms with van der Waals surface area (Å²) in [6.07, 6.45) is 0.476. The molecular formula is C17H17NO2. The number of hydrogen-bond donors (Lipinski definition) is 1. The first-order chi connectivity index (χ1) is 9.83. The van der Waals surface area contributed by atoms with Gasteiger partial charge in [-0.1, -0.05) is 48.5 Å². The van der Waals surface area contributed by atoms with Gasteiger partial charge in [0.05, 0.1) is 6.61 Å². The van der Waals surface area contributed by atoms with Gasteiger partial charge in [0.25, 0.3) is 0 Å². The molecule has 0 spiro atoms. The van der Waals surface area contributed by atoms with Gasteiger partial charge in [-0.3, -0.25) is 4.79 Å². The van der Waals surface area contributed by atoms with Crippen LogP contribution < -0.4 is 10.1 Å². The molecule has 1 N–H and O–H groups in total. The van der Waals surface area contributed by atoms with Gasteiger partial charge in [0, 0.05) is 24.4 Å². The summed E-state index contributed by atoms with van der Waals surface area (Å²) >= 11 is 0. The van der Waals surface area contributed by atoms with Crippen LogP contribution in [-0.4, -0.2) is 12.5 Å². The predicted molar refractivity (Wildman–Crippen MR) is 77.6 cm³/mol. The number of para-hydroxylation sites is 1. The first kappa shape index (κ1) is 12.7. The minimum atomic E-state index is 0.0687.